The molecule has 1 heterocycles. The van der Waals surface area contributed by atoms with Crippen molar-refractivity contribution in [3.8, 4) is 0 Å². The second-order valence-electron chi connectivity index (χ2n) is 3.36. The first-order chi connectivity index (χ1) is 8.81. The van der Waals surface area contributed by atoms with Crippen LogP contribution in [0.3, 0.4) is 0 Å². The molecular formula is C9H12F3N3O2S2. The Morgan fingerprint density at radius 1 is 1.53 bits per heavy atom. The Morgan fingerprint density at radius 2 is 2.21 bits per heavy atom. The van der Waals surface area contributed by atoms with Gasteiger partial charge in [-0.2, -0.15) is 13.2 Å². The van der Waals surface area contributed by atoms with E-state index in [2.05, 4.69) is 20.3 Å². The molecule has 1 N–H and O–H groups in total. The van der Waals surface area contributed by atoms with Gasteiger partial charge in [0.15, 0.2) is 4.34 Å². The highest BCUT2D eigenvalue weighted by atomic mass is 32.2. The predicted octanol–water partition coefficient (Wildman–Crippen LogP) is 2.56. The van der Waals surface area contributed by atoms with Gasteiger partial charge in [-0.15, -0.1) is 10.2 Å². The lowest BCUT2D eigenvalue weighted by atomic mass is 10.4. The summed E-state index contributed by atoms with van der Waals surface area (Å²) < 4.78 is 40.8. The third-order valence-electron chi connectivity index (χ3n) is 1.77. The highest BCUT2D eigenvalue weighted by Crippen LogP contribution is 2.25. The number of ether oxygens (including phenoxy) is 1. The first-order valence-corrected chi connectivity index (χ1v) is 7.07. The molecule has 0 aliphatic rings. The van der Waals surface area contributed by atoms with Crippen molar-refractivity contribution in [2.45, 2.75) is 30.5 Å². The molecular weight excluding hydrogens is 303 g/mol. The highest BCUT2D eigenvalue weighted by Gasteiger charge is 2.30. The van der Waals surface area contributed by atoms with Gasteiger partial charge in [-0.1, -0.05) is 30.0 Å². The van der Waals surface area contributed by atoms with Crippen LogP contribution in [0.2, 0.25) is 0 Å². The Balaban J connectivity index is 2.44. The number of amides is 1. The zero-order chi connectivity index (χ0) is 14.5. The molecule has 0 bridgehead atoms. The lowest BCUT2D eigenvalue weighted by Gasteiger charge is -2.13. The summed E-state index contributed by atoms with van der Waals surface area (Å²) in [6.45, 7) is 1.72. The van der Waals surface area contributed by atoms with Crippen LogP contribution in [-0.4, -0.2) is 40.7 Å². The molecule has 0 radical (unpaired) electrons. The molecule has 0 spiro atoms. The van der Waals surface area contributed by atoms with Crippen LogP contribution in [0.4, 0.5) is 18.3 Å². The second kappa shape index (κ2) is 7.06. The fourth-order valence-electron chi connectivity index (χ4n) is 0.944. The largest absolute Gasteiger partial charge is 0.411 e. The molecule has 0 saturated heterocycles. The van der Waals surface area contributed by atoms with Crippen LogP contribution in [-0.2, 0) is 9.53 Å². The first-order valence-electron chi connectivity index (χ1n) is 5.27. The van der Waals surface area contributed by atoms with Crippen molar-refractivity contribution in [2.75, 3.05) is 17.7 Å². The Bertz CT molecular complexity index is 425. The van der Waals surface area contributed by atoms with Crippen LogP contribution >= 0.6 is 23.1 Å². The van der Waals surface area contributed by atoms with Crippen LogP contribution < -0.4 is 5.32 Å². The van der Waals surface area contributed by atoms with E-state index < -0.39 is 24.8 Å². The van der Waals surface area contributed by atoms with Gasteiger partial charge in [-0.05, 0) is 12.7 Å². The number of carbonyl (C=O) groups excluding carboxylic acids is 1. The number of nitrogens with one attached hydrogen (secondary N) is 1. The summed E-state index contributed by atoms with van der Waals surface area (Å²) in [6, 6.07) is 0. The summed E-state index contributed by atoms with van der Waals surface area (Å²) in [5.74, 6) is 0.127. The number of halogens is 3. The molecule has 5 nitrogen and oxygen atoms in total. The number of anilines is 1. The first kappa shape index (κ1) is 16.2. The van der Waals surface area contributed by atoms with Gasteiger partial charge in [0.2, 0.25) is 5.13 Å². The van der Waals surface area contributed by atoms with Gasteiger partial charge in [0.05, 0.1) is 0 Å². The van der Waals surface area contributed by atoms with Crippen LogP contribution in [0.1, 0.15) is 13.8 Å². The third kappa shape index (κ3) is 6.21. The zero-order valence-corrected chi connectivity index (χ0v) is 11.8. The molecule has 0 aromatic carbocycles. The van der Waals surface area contributed by atoms with Crippen molar-refractivity contribution in [3.63, 3.8) is 0 Å². The van der Waals surface area contributed by atoms with Crippen molar-refractivity contribution in [3.05, 3.63) is 0 Å². The van der Waals surface area contributed by atoms with Crippen molar-refractivity contribution in [1.82, 2.24) is 10.2 Å². The Hall–Kier alpha value is -0.870. The van der Waals surface area contributed by atoms with E-state index >= 15 is 0 Å². The summed E-state index contributed by atoms with van der Waals surface area (Å²) in [4.78, 5) is 11.5. The molecule has 1 aromatic rings. The van der Waals surface area contributed by atoms with Gasteiger partial charge >= 0.3 is 6.18 Å². The van der Waals surface area contributed by atoms with Gasteiger partial charge in [0, 0.05) is 0 Å². The van der Waals surface area contributed by atoms with Crippen molar-refractivity contribution in [1.29, 1.82) is 0 Å². The molecule has 0 saturated carbocycles. The summed E-state index contributed by atoms with van der Waals surface area (Å²) in [5.41, 5.74) is 0. The van der Waals surface area contributed by atoms with Crippen LogP contribution in [0.25, 0.3) is 0 Å². The van der Waals surface area contributed by atoms with E-state index in [1.54, 1.807) is 0 Å². The fourth-order valence-corrected chi connectivity index (χ4v) is 2.60. The minimum absolute atomic E-state index is 0.239. The standard InChI is InChI=1S/C9H12F3N3O2S2/c1-3-18-8-15-14-7(19-8)13-6(16)5(2)17-4-9(10,11)12/h5H,3-4H2,1-2H3,(H,13,14,16). The third-order valence-corrected chi connectivity index (χ3v) is 3.62. The average Bonchev–Trinajstić information content (AvgIpc) is 2.73. The van der Waals surface area contributed by atoms with Gasteiger partial charge in [0.25, 0.3) is 5.91 Å². The van der Waals surface area contributed by atoms with E-state index in [0.29, 0.717) is 4.34 Å². The number of aromatic nitrogens is 2. The fraction of sp³-hybridized carbons (Fsp3) is 0.667. The molecule has 10 heteroatoms. The number of hydrogen-bond acceptors (Lipinski definition) is 6. The Morgan fingerprint density at radius 3 is 2.79 bits per heavy atom. The number of carbonyl (C=O) groups is 1. The van der Waals surface area contributed by atoms with E-state index in [4.69, 9.17) is 0 Å². The smallest absolute Gasteiger partial charge is 0.359 e. The molecule has 1 atom stereocenters. The topological polar surface area (TPSA) is 64.1 Å². The SMILES string of the molecule is CCSc1nnc(NC(=O)C(C)OCC(F)(F)F)s1. The summed E-state index contributed by atoms with van der Waals surface area (Å²) in [7, 11) is 0. The molecule has 0 aliphatic heterocycles. The molecule has 1 unspecified atom stereocenters. The number of nitrogens with zero attached hydrogens (tertiary/aromatic N) is 2. The summed E-state index contributed by atoms with van der Waals surface area (Å²) in [6.07, 6.45) is -5.67. The summed E-state index contributed by atoms with van der Waals surface area (Å²) >= 11 is 2.62. The van der Waals surface area contributed by atoms with E-state index in [-0.39, 0.29) is 5.13 Å². The lowest BCUT2D eigenvalue weighted by Crippen LogP contribution is -2.31. The molecule has 1 rings (SSSR count). The van der Waals surface area contributed by atoms with Gasteiger partial charge in [-0.3, -0.25) is 10.1 Å². The van der Waals surface area contributed by atoms with Crippen LogP contribution in [0.5, 0.6) is 0 Å². The maximum atomic E-state index is 11.9. The monoisotopic (exact) mass is 315 g/mol. The Kier molecular flexibility index (Phi) is 6.01. The van der Waals surface area contributed by atoms with Gasteiger partial charge < -0.3 is 4.74 Å². The predicted molar refractivity (Wildman–Crippen MR) is 66.4 cm³/mol. The molecule has 108 valence electrons. The number of hydrogen-bond donors (Lipinski definition) is 1. The normalized spacial score (nSPS) is 13.3. The maximum Gasteiger partial charge on any atom is 0.411 e. The Labute approximate surface area is 115 Å². The van der Waals surface area contributed by atoms with Crippen molar-refractivity contribution in [2.24, 2.45) is 0 Å². The number of rotatable bonds is 6. The van der Waals surface area contributed by atoms with Gasteiger partial charge in [0.1, 0.15) is 12.7 Å². The minimum atomic E-state index is -4.46. The van der Waals surface area contributed by atoms with Crippen LogP contribution in [0.15, 0.2) is 4.34 Å². The van der Waals surface area contributed by atoms with Crippen molar-refractivity contribution < 1.29 is 22.7 Å². The molecule has 1 amide bonds. The molecule has 0 aliphatic carbocycles. The molecule has 19 heavy (non-hydrogen) atoms. The van der Waals surface area contributed by atoms with E-state index in [9.17, 15) is 18.0 Å². The second-order valence-corrected chi connectivity index (χ2v) is 5.85. The quantitative estimate of drug-likeness (QED) is 0.645. The van der Waals surface area contributed by atoms with Gasteiger partial charge in [-0.25, -0.2) is 0 Å². The van der Waals surface area contributed by atoms with E-state index in [1.165, 1.54) is 18.7 Å². The highest BCUT2D eigenvalue weighted by molar-refractivity contribution is 8.01. The van der Waals surface area contributed by atoms with Crippen molar-refractivity contribution >= 4 is 34.1 Å². The summed E-state index contributed by atoms with van der Waals surface area (Å²) in [5, 5.41) is 10.1. The van der Waals surface area contributed by atoms with E-state index in [0.717, 1.165) is 17.1 Å². The maximum absolute atomic E-state index is 11.9. The molecule has 0 fully saturated rings. The van der Waals surface area contributed by atoms with E-state index in [1.807, 2.05) is 6.92 Å². The zero-order valence-electron chi connectivity index (χ0n) is 10.2. The number of alkyl halides is 3. The van der Waals surface area contributed by atoms with Crippen LogP contribution in [0, 0.1) is 0 Å². The lowest BCUT2D eigenvalue weighted by molar-refractivity contribution is -0.184. The molecule has 1 aromatic heterocycles. The number of thioether (sulfide) groups is 1. The minimum Gasteiger partial charge on any atom is -0.359 e. The average molecular weight is 315 g/mol.